The first-order chi connectivity index (χ1) is 4.06. The molecule has 0 saturated carbocycles. The molecule has 0 saturated heterocycles. The third-order valence-corrected chi connectivity index (χ3v) is 2.05. The molecule has 0 unspecified atom stereocenters. The van der Waals surface area contributed by atoms with Crippen LogP contribution >= 0.6 is 11.9 Å². The van der Waals surface area contributed by atoms with Gasteiger partial charge in [-0.3, -0.25) is 4.72 Å². The molecule has 0 heterocycles. The van der Waals surface area contributed by atoms with Crippen molar-refractivity contribution in [3.63, 3.8) is 0 Å². The van der Waals surface area contributed by atoms with Gasteiger partial charge in [0.2, 0.25) is 0 Å². The third-order valence-electron chi connectivity index (χ3n) is 0.685. The van der Waals surface area contributed by atoms with E-state index in [0.29, 0.717) is 0 Å². The fourth-order valence-electron chi connectivity index (χ4n) is 0.370. The van der Waals surface area contributed by atoms with E-state index in [1.807, 2.05) is 11.9 Å². The smallest absolute Gasteiger partial charge is 0.0198 e. The van der Waals surface area contributed by atoms with Crippen molar-refractivity contribution in [3.8, 4) is 0 Å². The predicted molar refractivity (Wildman–Crippen MR) is 45.6 cm³/mol. The highest BCUT2D eigenvalue weighted by atomic mass is 32.2. The average Bonchev–Trinajstić information content (AvgIpc) is 1.63. The molecule has 0 radical (unpaired) electrons. The van der Waals surface area contributed by atoms with Crippen LogP contribution in [0, 0.1) is 0 Å². The van der Waals surface area contributed by atoms with Crippen LogP contribution in [-0.4, -0.2) is 11.3 Å². The van der Waals surface area contributed by atoms with Crippen LogP contribution in [0.2, 0.25) is 0 Å². The average molecular weight is 147 g/mol. The molecule has 0 aromatic carbocycles. The van der Waals surface area contributed by atoms with Crippen LogP contribution in [0.5, 0.6) is 0 Å². The van der Waals surface area contributed by atoms with Crippen molar-refractivity contribution in [2.45, 2.75) is 39.7 Å². The Balaban J connectivity index is 3.07. The molecule has 9 heavy (non-hydrogen) atoms. The standard InChI is InChI=1S/C7H17NS/c1-5-6-9-8-7(2,3)4/h8H,5-6H2,1-4H3. The van der Waals surface area contributed by atoms with Crippen LogP contribution in [0.3, 0.4) is 0 Å². The molecule has 0 aliphatic carbocycles. The highest BCUT2D eigenvalue weighted by Gasteiger charge is 2.06. The van der Waals surface area contributed by atoms with Crippen LogP contribution < -0.4 is 4.72 Å². The van der Waals surface area contributed by atoms with Crippen molar-refractivity contribution in [2.24, 2.45) is 0 Å². The second-order valence-electron chi connectivity index (χ2n) is 3.20. The van der Waals surface area contributed by atoms with Gasteiger partial charge in [-0.25, -0.2) is 0 Å². The van der Waals surface area contributed by atoms with Crippen LogP contribution in [0.1, 0.15) is 34.1 Å². The van der Waals surface area contributed by atoms with E-state index in [4.69, 9.17) is 0 Å². The summed E-state index contributed by atoms with van der Waals surface area (Å²) in [5, 5.41) is 0. The molecule has 0 aliphatic heterocycles. The van der Waals surface area contributed by atoms with Gasteiger partial charge in [-0.05, 0) is 27.2 Å². The van der Waals surface area contributed by atoms with E-state index in [2.05, 4.69) is 32.4 Å². The summed E-state index contributed by atoms with van der Waals surface area (Å²) in [6.07, 6.45) is 1.24. The van der Waals surface area contributed by atoms with Gasteiger partial charge in [0.1, 0.15) is 0 Å². The van der Waals surface area contributed by atoms with E-state index in [0.717, 1.165) is 0 Å². The zero-order valence-corrected chi connectivity index (χ0v) is 7.64. The summed E-state index contributed by atoms with van der Waals surface area (Å²) < 4.78 is 3.34. The molecule has 0 aromatic heterocycles. The van der Waals surface area contributed by atoms with Crippen LogP contribution in [0.25, 0.3) is 0 Å². The number of hydrogen-bond acceptors (Lipinski definition) is 2. The SMILES string of the molecule is CCCSNC(C)(C)C. The highest BCUT2D eigenvalue weighted by molar-refractivity contribution is 7.97. The number of hydrogen-bond donors (Lipinski definition) is 1. The Bertz CT molecular complexity index is 65.8. The molecule has 0 rings (SSSR count). The Morgan fingerprint density at radius 1 is 1.33 bits per heavy atom. The Hall–Kier alpha value is 0.310. The molecule has 0 amide bonds. The molecule has 0 fully saturated rings. The van der Waals surface area contributed by atoms with E-state index < -0.39 is 0 Å². The van der Waals surface area contributed by atoms with Gasteiger partial charge in [0.05, 0.1) is 0 Å². The second kappa shape index (κ2) is 4.18. The molecule has 0 aliphatic rings. The number of nitrogens with one attached hydrogen (secondary N) is 1. The maximum Gasteiger partial charge on any atom is 0.0198 e. The van der Waals surface area contributed by atoms with Gasteiger partial charge in [0, 0.05) is 11.3 Å². The fraction of sp³-hybridized carbons (Fsp3) is 1.00. The van der Waals surface area contributed by atoms with Crippen LogP contribution in [0.4, 0.5) is 0 Å². The first kappa shape index (κ1) is 9.31. The van der Waals surface area contributed by atoms with Gasteiger partial charge < -0.3 is 0 Å². The summed E-state index contributed by atoms with van der Waals surface area (Å²) in [4.78, 5) is 0. The quantitative estimate of drug-likeness (QED) is 0.486. The highest BCUT2D eigenvalue weighted by Crippen LogP contribution is 2.06. The zero-order chi connectivity index (χ0) is 7.33. The van der Waals surface area contributed by atoms with E-state index in [-0.39, 0.29) is 5.54 Å². The maximum absolute atomic E-state index is 3.34. The van der Waals surface area contributed by atoms with Crippen molar-refractivity contribution >= 4 is 11.9 Å². The lowest BCUT2D eigenvalue weighted by atomic mass is 10.1. The minimum Gasteiger partial charge on any atom is -0.259 e. The summed E-state index contributed by atoms with van der Waals surface area (Å²) in [5.74, 6) is 1.21. The van der Waals surface area contributed by atoms with Gasteiger partial charge in [-0.2, -0.15) is 0 Å². The molecule has 0 aromatic rings. The monoisotopic (exact) mass is 147 g/mol. The first-order valence-electron chi connectivity index (χ1n) is 3.45. The molecule has 56 valence electrons. The first-order valence-corrected chi connectivity index (χ1v) is 4.44. The van der Waals surface area contributed by atoms with Crippen molar-refractivity contribution < 1.29 is 0 Å². The van der Waals surface area contributed by atoms with Crippen molar-refractivity contribution in [1.29, 1.82) is 0 Å². The molecule has 1 nitrogen and oxygen atoms in total. The largest absolute Gasteiger partial charge is 0.259 e. The summed E-state index contributed by atoms with van der Waals surface area (Å²) in [5.41, 5.74) is 0.264. The third kappa shape index (κ3) is 8.31. The van der Waals surface area contributed by atoms with Gasteiger partial charge in [-0.15, -0.1) is 0 Å². The van der Waals surface area contributed by atoms with E-state index in [1.54, 1.807) is 0 Å². The lowest BCUT2D eigenvalue weighted by molar-refractivity contribution is 0.535. The lowest BCUT2D eigenvalue weighted by Crippen LogP contribution is -2.30. The fourth-order valence-corrected chi connectivity index (χ4v) is 1.11. The molecule has 2 heteroatoms. The minimum atomic E-state index is 0.264. The Morgan fingerprint density at radius 3 is 2.22 bits per heavy atom. The maximum atomic E-state index is 3.34. The predicted octanol–water partition coefficient (Wildman–Crippen LogP) is 2.43. The van der Waals surface area contributed by atoms with Gasteiger partial charge >= 0.3 is 0 Å². The van der Waals surface area contributed by atoms with Crippen LogP contribution in [0.15, 0.2) is 0 Å². The molecular formula is C7H17NS. The number of rotatable bonds is 3. The van der Waals surface area contributed by atoms with Crippen molar-refractivity contribution in [3.05, 3.63) is 0 Å². The lowest BCUT2D eigenvalue weighted by Gasteiger charge is -2.18. The Morgan fingerprint density at radius 2 is 1.89 bits per heavy atom. The minimum absolute atomic E-state index is 0.264. The zero-order valence-electron chi connectivity index (χ0n) is 6.82. The Labute approximate surface area is 62.7 Å². The summed E-state index contributed by atoms with van der Waals surface area (Å²) in [6.45, 7) is 8.72. The summed E-state index contributed by atoms with van der Waals surface area (Å²) >= 11 is 1.81. The second-order valence-corrected chi connectivity index (χ2v) is 4.10. The van der Waals surface area contributed by atoms with E-state index >= 15 is 0 Å². The van der Waals surface area contributed by atoms with Gasteiger partial charge in [0.15, 0.2) is 0 Å². The normalized spacial score (nSPS) is 12.0. The topological polar surface area (TPSA) is 12.0 Å². The molecule has 0 bridgehead atoms. The van der Waals surface area contributed by atoms with Crippen molar-refractivity contribution in [1.82, 2.24) is 4.72 Å². The van der Waals surface area contributed by atoms with Crippen LogP contribution in [-0.2, 0) is 0 Å². The van der Waals surface area contributed by atoms with E-state index in [9.17, 15) is 0 Å². The molecule has 0 atom stereocenters. The van der Waals surface area contributed by atoms with Crippen molar-refractivity contribution in [2.75, 3.05) is 5.75 Å². The molecule has 0 spiro atoms. The van der Waals surface area contributed by atoms with E-state index in [1.165, 1.54) is 12.2 Å². The van der Waals surface area contributed by atoms with Gasteiger partial charge in [-0.1, -0.05) is 18.9 Å². The summed E-state index contributed by atoms with van der Waals surface area (Å²) in [7, 11) is 0. The molecule has 1 N–H and O–H groups in total. The Kier molecular flexibility index (Phi) is 4.32. The summed E-state index contributed by atoms with van der Waals surface area (Å²) in [6, 6.07) is 0. The molecular weight excluding hydrogens is 130 g/mol. The van der Waals surface area contributed by atoms with Gasteiger partial charge in [0.25, 0.3) is 0 Å².